The van der Waals surface area contributed by atoms with Crippen LogP contribution in [-0.2, 0) is 20.7 Å². The molecular formula is C17H24N4O5. The highest BCUT2D eigenvalue weighted by atomic mass is 16.5. The van der Waals surface area contributed by atoms with Crippen molar-refractivity contribution in [2.24, 2.45) is 5.92 Å². The lowest BCUT2D eigenvalue weighted by Gasteiger charge is -2.20. The van der Waals surface area contributed by atoms with Crippen LogP contribution in [0.5, 0.6) is 0 Å². The summed E-state index contributed by atoms with van der Waals surface area (Å²) in [6.45, 7) is 5.71. The Bertz CT molecular complexity index is 728. The second-order valence-electron chi connectivity index (χ2n) is 7.42. The number of hydrogen-bond donors (Lipinski definition) is 1. The Morgan fingerprint density at radius 2 is 2.15 bits per heavy atom. The summed E-state index contributed by atoms with van der Waals surface area (Å²) in [7, 11) is 1.61. The number of aromatic nitrogens is 1. The molecule has 0 aromatic carbocycles. The van der Waals surface area contributed by atoms with Gasteiger partial charge in [-0.05, 0) is 20.8 Å². The summed E-state index contributed by atoms with van der Waals surface area (Å²) in [5.41, 5.74) is -0.175. The van der Waals surface area contributed by atoms with E-state index < -0.39 is 17.5 Å². The minimum Gasteiger partial charge on any atom is -0.379 e. The Morgan fingerprint density at radius 1 is 1.42 bits per heavy atom. The Labute approximate surface area is 151 Å². The monoisotopic (exact) mass is 364 g/mol. The first-order valence-electron chi connectivity index (χ1n) is 8.58. The number of methoxy groups -OCH3 is 1. The number of imide groups is 1. The molecule has 3 heterocycles. The van der Waals surface area contributed by atoms with Crippen molar-refractivity contribution in [1.82, 2.24) is 20.3 Å². The first kappa shape index (κ1) is 18.4. The van der Waals surface area contributed by atoms with Gasteiger partial charge in [-0.15, -0.1) is 0 Å². The smallest absolute Gasteiger partial charge is 0.325 e. The average Bonchev–Trinajstić information content (AvgIpc) is 3.21. The highest BCUT2D eigenvalue weighted by molar-refractivity contribution is 6.08. The molecule has 2 atom stereocenters. The zero-order chi connectivity index (χ0) is 19.1. The predicted octanol–water partition coefficient (Wildman–Crippen LogP) is 0.329. The van der Waals surface area contributed by atoms with E-state index in [1.165, 1.54) is 0 Å². The van der Waals surface area contributed by atoms with Crippen molar-refractivity contribution < 1.29 is 23.6 Å². The fourth-order valence-electron chi connectivity index (χ4n) is 3.48. The molecule has 2 aliphatic heterocycles. The summed E-state index contributed by atoms with van der Waals surface area (Å²) in [5, 5.41) is 6.45. The van der Waals surface area contributed by atoms with Gasteiger partial charge in [0.1, 0.15) is 17.8 Å². The number of nitrogens with one attached hydrogen (secondary N) is 1. The number of amides is 4. The number of aryl methyl sites for hydroxylation is 1. The number of carbonyl (C=O) groups is 3. The molecule has 0 saturated carbocycles. The van der Waals surface area contributed by atoms with Crippen molar-refractivity contribution in [1.29, 1.82) is 0 Å². The lowest BCUT2D eigenvalue weighted by molar-refractivity contribution is -0.138. The molecule has 3 rings (SSSR count). The molecule has 4 amide bonds. The van der Waals surface area contributed by atoms with Crippen LogP contribution in [0.4, 0.5) is 4.79 Å². The van der Waals surface area contributed by atoms with Gasteiger partial charge in [0.2, 0.25) is 5.91 Å². The Hall–Kier alpha value is -2.42. The number of likely N-dealkylation sites (tertiary alicyclic amines) is 1. The summed E-state index contributed by atoms with van der Waals surface area (Å²) >= 11 is 0. The topological polar surface area (TPSA) is 105 Å². The largest absolute Gasteiger partial charge is 0.379 e. The fourth-order valence-corrected chi connectivity index (χ4v) is 3.48. The molecule has 0 unspecified atom stereocenters. The molecule has 0 spiro atoms. The Balaban J connectivity index is 1.63. The molecule has 2 aliphatic rings. The maximum atomic E-state index is 12.6. The SMILES string of the molecule is CO[C@H]1CN(C(=O)CN2C(=O)NC(C)(C)C2=O)C[C@H]1Cc1cc(C)no1. The molecule has 2 saturated heterocycles. The van der Waals surface area contributed by atoms with Crippen LogP contribution in [0.2, 0.25) is 0 Å². The van der Waals surface area contributed by atoms with Crippen molar-refractivity contribution >= 4 is 17.8 Å². The van der Waals surface area contributed by atoms with E-state index in [-0.39, 0.29) is 24.5 Å². The van der Waals surface area contributed by atoms with Crippen LogP contribution < -0.4 is 5.32 Å². The molecule has 9 nitrogen and oxygen atoms in total. The van der Waals surface area contributed by atoms with Crippen LogP contribution in [0.15, 0.2) is 10.6 Å². The molecule has 142 valence electrons. The second-order valence-corrected chi connectivity index (χ2v) is 7.42. The van der Waals surface area contributed by atoms with Gasteiger partial charge in [-0.3, -0.25) is 14.5 Å². The number of rotatable bonds is 5. The van der Waals surface area contributed by atoms with E-state index in [2.05, 4.69) is 10.5 Å². The molecule has 2 fully saturated rings. The maximum absolute atomic E-state index is 12.6. The van der Waals surface area contributed by atoms with Crippen LogP contribution in [-0.4, -0.2) is 71.2 Å². The van der Waals surface area contributed by atoms with Gasteiger partial charge in [0.05, 0.1) is 11.8 Å². The third kappa shape index (κ3) is 3.44. The number of urea groups is 1. The minimum absolute atomic E-state index is 0.0656. The van der Waals surface area contributed by atoms with Crippen molar-refractivity contribution in [3.05, 3.63) is 17.5 Å². The summed E-state index contributed by atoms with van der Waals surface area (Å²) in [5.74, 6) is 0.145. The molecular weight excluding hydrogens is 340 g/mol. The van der Waals surface area contributed by atoms with Crippen LogP contribution >= 0.6 is 0 Å². The van der Waals surface area contributed by atoms with Crippen molar-refractivity contribution in [3.63, 3.8) is 0 Å². The summed E-state index contributed by atoms with van der Waals surface area (Å²) in [6, 6.07) is 1.33. The van der Waals surface area contributed by atoms with Gasteiger partial charge < -0.3 is 19.5 Å². The molecule has 0 radical (unpaired) electrons. The molecule has 1 N–H and O–H groups in total. The van der Waals surface area contributed by atoms with Gasteiger partial charge in [0, 0.05) is 38.6 Å². The van der Waals surface area contributed by atoms with Gasteiger partial charge in [0.25, 0.3) is 5.91 Å². The van der Waals surface area contributed by atoms with E-state index in [0.717, 1.165) is 16.4 Å². The Kier molecular flexibility index (Phi) is 4.74. The van der Waals surface area contributed by atoms with Gasteiger partial charge in [0.15, 0.2) is 0 Å². The summed E-state index contributed by atoms with van der Waals surface area (Å²) in [4.78, 5) is 39.4. The average molecular weight is 364 g/mol. The zero-order valence-electron chi connectivity index (χ0n) is 15.4. The van der Waals surface area contributed by atoms with E-state index in [0.29, 0.717) is 19.5 Å². The predicted molar refractivity (Wildman–Crippen MR) is 90.1 cm³/mol. The van der Waals surface area contributed by atoms with Crippen molar-refractivity contribution in [2.75, 3.05) is 26.7 Å². The number of nitrogens with zero attached hydrogens (tertiary/aromatic N) is 3. The third-order valence-corrected chi connectivity index (χ3v) is 4.91. The first-order chi connectivity index (χ1) is 12.2. The maximum Gasteiger partial charge on any atom is 0.325 e. The summed E-state index contributed by atoms with van der Waals surface area (Å²) in [6.07, 6.45) is 0.475. The van der Waals surface area contributed by atoms with E-state index in [1.807, 2.05) is 13.0 Å². The fraction of sp³-hybridized carbons (Fsp3) is 0.647. The normalized spacial score (nSPS) is 25.1. The highest BCUT2D eigenvalue weighted by Crippen LogP contribution is 2.25. The van der Waals surface area contributed by atoms with Gasteiger partial charge in [-0.1, -0.05) is 5.16 Å². The van der Waals surface area contributed by atoms with Crippen molar-refractivity contribution in [3.8, 4) is 0 Å². The lowest BCUT2D eigenvalue weighted by atomic mass is 10.0. The molecule has 0 aliphatic carbocycles. The molecule has 0 bridgehead atoms. The molecule has 1 aromatic heterocycles. The van der Waals surface area contributed by atoms with E-state index in [9.17, 15) is 14.4 Å². The lowest BCUT2D eigenvalue weighted by Crippen LogP contribution is -2.44. The third-order valence-electron chi connectivity index (χ3n) is 4.91. The van der Waals surface area contributed by atoms with Crippen LogP contribution in [0.1, 0.15) is 25.3 Å². The van der Waals surface area contributed by atoms with Crippen molar-refractivity contribution in [2.45, 2.75) is 38.8 Å². The summed E-state index contributed by atoms with van der Waals surface area (Å²) < 4.78 is 10.8. The molecule has 26 heavy (non-hydrogen) atoms. The second kappa shape index (κ2) is 6.71. The molecule has 1 aromatic rings. The van der Waals surface area contributed by atoms with Crippen LogP contribution in [0, 0.1) is 12.8 Å². The first-order valence-corrected chi connectivity index (χ1v) is 8.58. The van der Waals surface area contributed by atoms with Gasteiger partial charge in [-0.25, -0.2) is 4.79 Å². The standard InChI is InChI=1S/C17H24N4O5/c1-10-5-12(26-19-10)6-11-7-20(8-13(11)25-4)14(22)9-21-15(23)17(2,3)18-16(21)24/h5,11,13H,6-9H2,1-4H3,(H,18,24)/t11-,13+/m1/s1. The quantitative estimate of drug-likeness (QED) is 0.755. The zero-order valence-corrected chi connectivity index (χ0v) is 15.4. The van der Waals surface area contributed by atoms with E-state index in [4.69, 9.17) is 9.26 Å². The number of hydrogen-bond acceptors (Lipinski definition) is 6. The van der Waals surface area contributed by atoms with Gasteiger partial charge in [-0.2, -0.15) is 0 Å². The van der Waals surface area contributed by atoms with E-state index >= 15 is 0 Å². The van der Waals surface area contributed by atoms with Crippen LogP contribution in [0.25, 0.3) is 0 Å². The Morgan fingerprint density at radius 3 is 2.69 bits per heavy atom. The number of ether oxygens (including phenoxy) is 1. The highest BCUT2D eigenvalue weighted by Gasteiger charge is 2.46. The minimum atomic E-state index is -0.982. The van der Waals surface area contributed by atoms with E-state index in [1.54, 1.807) is 25.9 Å². The van der Waals surface area contributed by atoms with Crippen LogP contribution in [0.3, 0.4) is 0 Å². The number of carbonyl (C=O) groups excluding carboxylic acids is 3. The molecule has 9 heteroatoms. The van der Waals surface area contributed by atoms with Gasteiger partial charge >= 0.3 is 6.03 Å².